The van der Waals surface area contributed by atoms with Crippen molar-refractivity contribution in [3.8, 4) is 0 Å². The number of Topliss-reactive ketones (excluding diaryl/α,β-unsaturated/α-hetero) is 1. The molecular weight excluding hydrogens is 261 g/mol. The minimum absolute atomic E-state index is 0.145. The van der Waals surface area contributed by atoms with Crippen LogP contribution in [0.4, 0.5) is 4.39 Å². The van der Waals surface area contributed by atoms with Crippen molar-refractivity contribution in [3.63, 3.8) is 0 Å². The predicted molar refractivity (Wildman–Crippen MR) is 61.5 cm³/mol. The van der Waals surface area contributed by atoms with E-state index in [4.69, 9.17) is 0 Å². The summed E-state index contributed by atoms with van der Waals surface area (Å²) in [5, 5.41) is 2.90. The zero-order valence-corrected chi connectivity index (χ0v) is 10.3. The number of hydrogen-bond acceptors (Lipinski definition) is 2. The number of benzene rings is 1. The first-order valence-electron chi connectivity index (χ1n) is 4.70. The molecule has 1 aromatic rings. The quantitative estimate of drug-likeness (QED) is 0.855. The van der Waals surface area contributed by atoms with Crippen molar-refractivity contribution in [1.82, 2.24) is 5.32 Å². The van der Waals surface area contributed by atoms with Crippen molar-refractivity contribution < 1.29 is 9.18 Å². The van der Waals surface area contributed by atoms with Crippen molar-refractivity contribution in [1.29, 1.82) is 0 Å². The summed E-state index contributed by atoms with van der Waals surface area (Å²) >= 11 is 3.22. The number of hydrogen-bond donors (Lipinski definition) is 1. The summed E-state index contributed by atoms with van der Waals surface area (Å²) in [4.78, 5) is 11.8. The molecule has 1 aromatic carbocycles. The van der Waals surface area contributed by atoms with E-state index >= 15 is 0 Å². The van der Waals surface area contributed by atoms with E-state index in [0.29, 0.717) is 11.0 Å². The van der Waals surface area contributed by atoms with E-state index in [1.807, 2.05) is 0 Å². The van der Waals surface area contributed by atoms with E-state index < -0.39 is 5.82 Å². The highest BCUT2D eigenvalue weighted by Crippen LogP contribution is 2.18. The fraction of sp³-hybridized carbons (Fsp3) is 0.364. The zero-order chi connectivity index (χ0) is 11.4. The first kappa shape index (κ1) is 12.3. The fourth-order valence-electron chi connectivity index (χ4n) is 1.35. The lowest BCUT2D eigenvalue weighted by Crippen LogP contribution is -2.24. The lowest BCUT2D eigenvalue weighted by Gasteiger charge is -2.10. The molecular formula is C11H13BrFNO. The van der Waals surface area contributed by atoms with E-state index in [1.165, 1.54) is 12.1 Å². The summed E-state index contributed by atoms with van der Waals surface area (Å²) in [6.45, 7) is 2.32. The molecule has 0 aliphatic rings. The van der Waals surface area contributed by atoms with Crippen LogP contribution < -0.4 is 5.32 Å². The van der Waals surface area contributed by atoms with Crippen LogP contribution in [-0.4, -0.2) is 19.4 Å². The Balaban J connectivity index is 2.95. The van der Waals surface area contributed by atoms with Crippen LogP contribution in [-0.2, 0) is 0 Å². The van der Waals surface area contributed by atoms with Gasteiger partial charge in [-0.15, -0.1) is 0 Å². The Hall–Kier alpha value is -0.740. The van der Waals surface area contributed by atoms with Gasteiger partial charge in [0.2, 0.25) is 0 Å². The lowest BCUT2D eigenvalue weighted by molar-refractivity contribution is 0.0926. The van der Waals surface area contributed by atoms with Crippen LogP contribution in [0, 0.1) is 11.7 Å². The maximum Gasteiger partial charge on any atom is 0.169 e. The molecule has 82 valence electrons. The monoisotopic (exact) mass is 273 g/mol. The highest BCUT2D eigenvalue weighted by molar-refractivity contribution is 9.10. The lowest BCUT2D eigenvalue weighted by atomic mass is 9.99. The summed E-state index contributed by atoms with van der Waals surface area (Å²) in [7, 11) is 1.76. The summed E-state index contributed by atoms with van der Waals surface area (Å²) in [5.41, 5.74) is 0.145. The average molecular weight is 274 g/mol. The smallest absolute Gasteiger partial charge is 0.169 e. The first-order chi connectivity index (χ1) is 7.06. The van der Waals surface area contributed by atoms with Crippen LogP contribution in [0.15, 0.2) is 22.7 Å². The number of halogens is 2. The van der Waals surface area contributed by atoms with Gasteiger partial charge in [0.25, 0.3) is 0 Å². The van der Waals surface area contributed by atoms with E-state index in [0.717, 1.165) is 0 Å². The van der Waals surface area contributed by atoms with Gasteiger partial charge in [0, 0.05) is 16.9 Å². The molecule has 1 atom stereocenters. The molecule has 1 unspecified atom stereocenters. The summed E-state index contributed by atoms with van der Waals surface area (Å²) in [6, 6.07) is 4.39. The van der Waals surface area contributed by atoms with Gasteiger partial charge in [-0.1, -0.05) is 22.9 Å². The van der Waals surface area contributed by atoms with Crippen molar-refractivity contribution in [3.05, 3.63) is 34.1 Å². The largest absolute Gasteiger partial charge is 0.319 e. The van der Waals surface area contributed by atoms with E-state index in [1.54, 1.807) is 20.0 Å². The first-order valence-corrected chi connectivity index (χ1v) is 5.49. The van der Waals surface area contributed by atoms with Gasteiger partial charge in [-0.2, -0.15) is 0 Å². The van der Waals surface area contributed by atoms with Crippen molar-refractivity contribution in [2.75, 3.05) is 13.6 Å². The Morgan fingerprint density at radius 3 is 2.87 bits per heavy atom. The van der Waals surface area contributed by atoms with Crippen molar-refractivity contribution in [2.45, 2.75) is 6.92 Å². The maximum atomic E-state index is 13.4. The summed E-state index contributed by atoms with van der Waals surface area (Å²) in [5.74, 6) is -0.867. The number of nitrogens with one attached hydrogen (secondary N) is 1. The van der Waals surface area contributed by atoms with Gasteiger partial charge in [-0.05, 0) is 25.2 Å². The van der Waals surface area contributed by atoms with Crippen LogP contribution in [0.25, 0.3) is 0 Å². The Morgan fingerprint density at radius 2 is 2.27 bits per heavy atom. The molecule has 0 aliphatic heterocycles. The standard InChI is InChI=1S/C11H13BrFNO/c1-7(6-14-2)11(15)9-5-8(12)3-4-10(9)13/h3-5,7,14H,6H2,1-2H3. The molecule has 0 heterocycles. The molecule has 0 saturated carbocycles. The van der Waals surface area contributed by atoms with Crippen molar-refractivity contribution in [2.24, 2.45) is 5.92 Å². The Bertz CT molecular complexity index is 368. The molecule has 0 spiro atoms. The molecule has 1 rings (SSSR count). The predicted octanol–water partition coefficient (Wildman–Crippen LogP) is 2.63. The van der Waals surface area contributed by atoms with Gasteiger partial charge in [0.05, 0.1) is 5.56 Å². The molecule has 4 heteroatoms. The minimum atomic E-state index is -0.467. The van der Waals surface area contributed by atoms with Crippen LogP contribution >= 0.6 is 15.9 Å². The molecule has 0 bridgehead atoms. The van der Waals surface area contributed by atoms with Gasteiger partial charge < -0.3 is 5.32 Å². The summed E-state index contributed by atoms with van der Waals surface area (Å²) in [6.07, 6.45) is 0. The summed E-state index contributed by atoms with van der Waals surface area (Å²) < 4.78 is 14.1. The van der Waals surface area contributed by atoms with Gasteiger partial charge in [0.1, 0.15) is 5.82 Å². The normalized spacial score (nSPS) is 12.5. The number of carbonyl (C=O) groups is 1. The Morgan fingerprint density at radius 1 is 1.60 bits per heavy atom. The van der Waals surface area contributed by atoms with Crippen LogP contribution in [0.5, 0.6) is 0 Å². The van der Waals surface area contributed by atoms with E-state index in [2.05, 4.69) is 21.2 Å². The number of carbonyl (C=O) groups excluding carboxylic acids is 1. The molecule has 0 radical (unpaired) electrons. The third-order valence-corrected chi connectivity index (χ3v) is 2.65. The molecule has 0 aromatic heterocycles. The third kappa shape index (κ3) is 3.11. The SMILES string of the molecule is CNCC(C)C(=O)c1cc(Br)ccc1F. The van der Waals surface area contributed by atoms with Gasteiger partial charge >= 0.3 is 0 Å². The third-order valence-electron chi connectivity index (χ3n) is 2.15. The molecule has 0 saturated heterocycles. The van der Waals surface area contributed by atoms with E-state index in [-0.39, 0.29) is 17.3 Å². The van der Waals surface area contributed by atoms with Gasteiger partial charge in [0.15, 0.2) is 5.78 Å². The van der Waals surface area contributed by atoms with Crippen LogP contribution in [0.3, 0.4) is 0 Å². The highest BCUT2D eigenvalue weighted by Gasteiger charge is 2.18. The molecule has 0 aliphatic carbocycles. The van der Waals surface area contributed by atoms with Gasteiger partial charge in [-0.25, -0.2) is 4.39 Å². The maximum absolute atomic E-state index is 13.4. The second kappa shape index (κ2) is 5.37. The average Bonchev–Trinajstić information content (AvgIpc) is 2.21. The zero-order valence-electron chi connectivity index (χ0n) is 8.68. The van der Waals surface area contributed by atoms with Crippen LogP contribution in [0.1, 0.15) is 17.3 Å². The molecule has 0 fully saturated rings. The Kier molecular flexibility index (Phi) is 4.42. The van der Waals surface area contributed by atoms with Crippen LogP contribution in [0.2, 0.25) is 0 Å². The second-order valence-electron chi connectivity index (χ2n) is 3.45. The Labute approximate surface area is 97.0 Å². The molecule has 0 amide bonds. The fourth-order valence-corrected chi connectivity index (χ4v) is 1.71. The number of rotatable bonds is 4. The molecule has 1 N–H and O–H groups in total. The van der Waals surface area contributed by atoms with E-state index in [9.17, 15) is 9.18 Å². The van der Waals surface area contributed by atoms with Crippen molar-refractivity contribution >= 4 is 21.7 Å². The van der Waals surface area contributed by atoms with Gasteiger partial charge in [-0.3, -0.25) is 4.79 Å². The topological polar surface area (TPSA) is 29.1 Å². The minimum Gasteiger partial charge on any atom is -0.319 e. The molecule has 2 nitrogen and oxygen atoms in total. The molecule has 15 heavy (non-hydrogen) atoms. The highest BCUT2D eigenvalue weighted by atomic mass is 79.9. The second-order valence-corrected chi connectivity index (χ2v) is 4.36. The number of ketones is 1.